The topological polar surface area (TPSA) is 91.9 Å². The smallest absolute Gasteiger partial charge is 0.251 e. The summed E-state index contributed by atoms with van der Waals surface area (Å²) in [4.78, 5) is 20.5. The van der Waals surface area contributed by atoms with Crippen molar-refractivity contribution in [2.45, 2.75) is 24.8 Å². The second kappa shape index (κ2) is 7.32. The fourth-order valence-corrected chi connectivity index (χ4v) is 4.13. The van der Waals surface area contributed by atoms with Crippen LogP contribution < -0.4 is 5.32 Å². The molecule has 1 amide bonds. The first-order valence-electron chi connectivity index (χ1n) is 8.42. The van der Waals surface area contributed by atoms with Gasteiger partial charge in [0.2, 0.25) is 0 Å². The molecule has 3 aromatic rings. The molecule has 1 atom stereocenters. The van der Waals surface area contributed by atoms with Crippen molar-refractivity contribution in [3.63, 3.8) is 0 Å². The summed E-state index contributed by atoms with van der Waals surface area (Å²) in [6.45, 7) is 3.95. The Hall–Kier alpha value is -2.38. The van der Waals surface area contributed by atoms with E-state index < -0.39 is 15.7 Å². The minimum Gasteiger partial charge on any atom is -0.342 e. The van der Waals surface area contributed by atoms with Gasteiger partial charge in [-0.05, 0) is 36.2 Å². The number of nitrogens with one attached hydrogen (secondary N) is 2. The van der Waals surface area contributed by atoms with Gasteiger partial charge in [0.1, 0.15) is 5.82 Å². The molecule has 2 N–H and O–H groups in total. The number of sulfone groups is 1. The number of aromatic nitrogens is 2. The summed E-state index contributed by atoms with van der Waals surface area (Å²) in [5.41, 5.74) is 1.93. The van der Waals surface area contributed by atoms with Gasteiger partial charge in [-0.15, -0.1) is 0 Å². The molecule has 0 spiro atoms. The van der Waals surface area contributed by atoms with E-state index in [9.17, 15) is 13.2 Å². The molecule has 1 aromatic heterocycles. The Morgan fingerprint density at radius 2 is 1.89 bits per heavy atom. The number of H-pyrrole nitrogens is 1. The van der Waals surface area contributed by atoms with Crippen molar-refractivity contribution in [3.8, 4) is 0 Å². The van der Waals surface area contributed by atoms with Crippen LogP contribution in [0.25, 0.3) is 11.0 Å². The highest BCUT2D eigenvalue weighted by Crippen LogP contribution is 2.25. The van der Waals surface area contributed by atoms with Gasteiger partial charge < -0.3 is 10.3 Å². The number of benzene rings is 2. The largest absolute Gasteiger partial charge is 0.342 e. The average Bonchev–Trinajstić information content (AvgIpc) is 3.02. The highest BCUT2D eigenvalue weighted by atomic mass is 35.5. The van der Waals surface area contributed by atoms with Crippen molar-refractivity contribution in [3.05, 3.63) is 58.9 Å². The van der Waals surface area contributed by atoms with Crippen LogP contribution in [0.5, 0.6) is 0 Å². The molecule has 0 aliphatic rings. The number of imidazole rings is 1. The van der Waals surface area contributed by atoms with Crippen molar-refractivity contribution < 1.29 is 13.2 Å². The zero-order chi connectivity index (χ0) is 19.8. The van der Waals surface area contributed by atoms with E-state index in [1.165, 1.54) is 18.2 Å². The number of hydrogen-bond donors (Lipinski definition) is 2. The lowest BCUT2D eigenvalue weighted by Gasteiger charge is -2.20. The van der Waals surface area contributed by atoms with E-state index in [1.807, 2.05) is 38.1 Å². The van der Waals surface area contributed by atoms with Gasteiger partial charge in [-0.1, -0.05) is 37.6 Å². The van der Waals surface area contributed by atoms with E-state index in [4.69, 9.17) is 11.6 Å². The molecular formula is C19H20ClN3O3S. The molecule has 0 radical (unpaired) electrons. The van der Waals surface area contributed by atoms with E-state index in [-0.39, 0.29) is 27.4 Å². The highest BCUT2D eigenvalue weighted by molar-refractivity contribution is 7.90. The van der Waals surface area contributed by atoms with Crippen molar-refractivity contribution in [2.24, 2.45) is 5.92 Å². The molecule has 3 rings (SSSR count). The molecule has 6 nitrogen and oxygen atoms in total. The summed E-state index contributed by atoms with van der Waals surface area (Å²) in [5.74, 6) is 0.323. The molecule has 142 valence electrons. The summed E-state index contributed by atoms with van der Waals surface area (Å²) in [7, 11) is -3.53. The van der Waals surface area contributed by atoms with Crippen molar-refractivity contribution in [2.75, 3.05) is 6.26 Å². The third-order valence-corrected chi connectivity index (χ3v) is 5.83. The quantitative estimate of drug-likeness (QED) is 0.676. The first-order chi connectivity index (χ1) is 12.7. The Kier molecular flexibility index (Phi) is 5.26. The van der Waals surface area contributed by atoms with E-state index in [1.54, 1.807) is 0 Å². The number of carbonyl (C=O) groups excluding carboxylic acids is 1. The number of fused-ring (bicyclic) bond motifs is 1. The maximum absolute atomic E-state index is 12.7. The lowest BCUT2D eigenvalue weighted by molar-refractivity contribution is 0.0923. The van der Waals surface area contributed by atoms with E-state index in [0.29, 0.717) is 5.82 Å². The number of nitrogens with zero attached hydrogens (tertiary/aromatic N) is 1. The maximum atomic E-state index is 12.7. The average molecular weight is 406 g/mol. The monoisotopic (exact) mass is 405 g/mol. The second-order valence-electron chi connectivity index (χ2n) is 6.75. The molecule has 0 aliphatic carbocycles. The lowest BCUT2D eigenvalue weighted by atomic mass is 10.0. The number of aromatic amines is 1. The predicted molar refractivity (Wildman–Crippen MR) is 106 cm³/mol. The van der Waals surface area contributed by atoms with Gasteiger partial charge in [-0.3, -0.25) is 4.79 Å². The number of para-hydroxylation sites is 2. The summed E-state index contributed by atoms with van der Waals surface area (Å²) in [6, 6.07) is 11.5. The first kappa shape index (κ1) is 19.4. The van der Waals surface area contributed by atoms with Gasteiger partial charge in [0, 0.05) is 11.8 Å². The molecule has 0 fully saturated rings. The van der Waals surface area contributed by atoms with Gasteiger partial charge in [0.05, 0.1) is 27.0 Å². The van der Waals surface area contributed by atoms with Crippen LogP contribution in [-0.2, 0) is 9.84 Å². The lowest BCUT2D eigenvalue weighted by Crippen LogP contribution is -2.32. The molecule has 1 unspecified atom stereocenters. The number of amides is 1. The first-order valence-corrected chi connectivity index (χ1v) is 10.7. The normalized spacial score (nSPS) is 13.1. The third-order valence-electron chi connectivity index (χ3n) is 4.25. The summed E-state index contributed by atoms with van der Waals surface area (Å²) in [6.07, 6.45) is 1.06. The van der Waals surface area contributed by atoms with Gasteiger partial charge >= 0.3 is 0 Å². The standard InChI is InChI=1S/C19H20ClN3O3S/c1-11(2)17(18-21-14-6-4-5-7-15(14)22-18)23-19(24)12-8-9-13(20)16(10-12)27(3,25)26/h4-11,17H,1-3H3,(H,21,22)(H,23,24). The fourth-order valence-electron chi connectivity index (χ4n) is 2.82. The van der Waals surface area contributed by atoms with Crippen LogP contribution in [0.1, 0.15) is 36.1 Å². The van der Waals surface area contributed by atoms with E-state index in [2.05, 4.69) is 15.3 Å². The molecular weight excluding hydrogens is 386 g/mol. The molecule has 0 saturated carbocycles. The van der Waals surface area contributed by atoms with Gasteiger partial charge in [-0.25, -0.2) is 13.4 Å². The Morgan fingerprint density at radius 3 is 2.52 bits per heavy atom. The van der Waals surface area contributed by atoms with E-state index in [0.717, 1.165) is 17.3 Å². The molecule has 27 heavy (non-hydrogen) atoms. The number of carbonyl (C=O) groups is 1. The number of halogens is 1. The Bertz CT molecular complexity index is 1070. The van der Waals surface area contributed by atoms with E-state index >= 15 is 0 Å². The van der Waals surface area contributed by atoms with Gasteiger partial charge in [-0.2, -0.15) is 0 Å². The van der Waals surface area contributed by atoms with Gasteiger partial charge in [0.25, 0.3) is 5.91 Å². The minimum atomic E-state index is -3.53. The van der Waals surface area contributed by atoms with Crippen molar-refractivity contribution in [1.82, 2.24) is 15.3 Å². The second-order valence-corrected chi connectivity index (χ2v) is 9.14. The Balaban J connectivity index is 1.92. The van der Waals surface area contributed by atoms with Gasteiger partial charge in [0.15, 0.2) is 9.84 Å². The minimum absolute atomic E-state index is 0.0659. The molecule has 8 heteroatoms. The predicted octanol–water partition coefficient (Wildman–Crippen LogP) is 3.75. The van der Waals surface area contributed by atoms with Crippen molar-refractivity contribution in [1.29, 1.82) is 0 Å². The summed E-state index contributed by atoms with van der Waals surface area (Å²) >= 11 is 5.96. The Morgan fingerprint density at radius 1 is 1.19 bits per heavy atom. The SMILES string of the molecule is CC(C)C(NC(=O)c1ccc(Cl)c(S(C)(=O)=O)c1)c1nc2ccccc2[nH]1. The molecule has 2 aromatic carbocycles. The molecule has 0 bridgehead atoms. The molecule has 0 aliphatic heterocycles. The highest BCUT2D eigenvalue weighted by Gasteiger charge is 2.23. The van der Waals surface area contributed by atoms with Crippen LogP contribution in [0.3, 0.4) is 0 Å². The maximum Gasteiger partial charge on any atom is 0.251 e. The zero-order valence-electron chi connectivity index (χ0n) is 15.2. The van der Waals surface area contributed by atoms with Crippen LogP contribution in [0, 0.1) is 5.92 Å². The van der Waals surface area contributed by atoms with Crippen LogP contribution in [0.4, 0.5) is 0 Å². The Labute approximate surface area is 162 Å². The van der Waals surface area contributed by atoms with Crippen LogP contribution in [0.15, 0.2) is 47.4 Å². The summed E-state index contributed by atoms with van der Waals surface area (Å²) in [5, 5.41) is 3.03. The molecule has 1 heterocycles. The van der Waals surface area contributed by atoms with Crippen LogP contribution in [-0.4, -0.2) is 30.5 Å². The third kappa shape index (κ3) is 4.14. The summed E-state index contributed by atoms with van der Waals surface area (Å²) < 4.78 is 23.7. The fraction of sp³-hybridized carbons (Fsp3) is 0.263. The van der Waals surface area contributed by atoms with Crippen LogP contribution in [0.2, 0.25) is 5.02 Å². The number of rotatable bonds is 5. The molecule has 0 saturated heterocycles. The number of hydrogen-bond acceptors (Lipinski definition) is 4. The van der Waals surface area contributed by atoms with Crippen LogP contribution >= 0.6 is 11.6 Å². The zero-order valence-corrected chi connectivity index (χ0v) is 16.7. The van der Waals surface area contributed by atoms with Crippen molar-refractivity contribution >= 4 is 38.4 Å².